The highest BCUT2D eigenvalue weighted by Crippen LogP contribution is 2.33. The van der Waals surface area contributed by atoms with Gasteiger partial charge in [-0.2, -0.15) is 5.26 Å². The van der Waals surface area contributed by atoms with Crippen molar-refractivity contribution < 1.29 is 9.50 Å². The number of nitrogens with zero attached hydrogens (tertiary/aromatic N) is 4. The molecule has 2 atom stereocenters. The number of phenolic OH excluding ortho intramolecular Hbond substituents is 1. The lowest BCUT2D eigenvalue weighted by Gasteiger charge is -2.39. The molecule has 3 aromatic rings. The smallest absolute Gasteiger partial charge is 0.270 e. The summed E-state index contributed by atoms with van der Waals surface area (Å²) in [5.41, 5.74) is 1.75. The van der Waals surface area contributed by atoms with Gasteiger partial charge in [0.05, 0.1) is 16.9 Å². The first-order valence-corrected chi connectivity index (χ1v) is 10.3. The zero-order valence-corrected chi connectivity index (χ0v) is 17.8. The number of aromatic hydroxyl groups is 1. The van der Waals surface area contributed by atoms with Crippen molar-refractivity contribution in [1.29, 1.82) is 5.26 Å². The van der Waals surface area contributed by atoms with E-state index in [1.807, 2.05) is 17.9 Å². The first-order chi connectivity index (χ1) is 14.8. The van der Waals surface area contributed by atoms with E-state index in [0.717, 1.165) is 6.07 Å². The second-order valence-electron chi connectivity index (χ2n) is 7.83. The van der Waals surface area contributed by atoms with Crippen LogP contribution in [0, 0.1) is 23.1 Å². The molecule has 0 radical (unpaired) electrons. The van der Waals surface area contributed by atoms with Crippen LogP contribution in [0.2, 0.25) is 5.15 Å². The summed E-state index contributed by atoms with van der Waals surface area (Å²) in [4.78, 5) is 19.2. The minimum atomic E-state index is -0.501. The van der Waals surface area contributed by atoms with Gasteiger partial charge in [0, 0.05) is 32.2 Å². The van der Waals surface area contributed by atoms with Crippen molar-refractivity contribution in [2.45, 2.75) is 19.4 Å². The number of nitrogens with one attached hydrogen (secondary N) is 1. The normalized spacial score (nSPS) is 18.7. The van der Waals surface area contributed by atoms with E-state index < -0.39 is 5.82 Å². The van der Waals surface area contributed by atoms with Gasteiger partial charge in [0.1, 0.15) is 33.9 Å². The molecule has 2 N–H and O–H groups in total. The lowest BCUT2D eigenvalue weighted by Crippen LogP contribution is -2.46. The molecule has 0 spiro atoms. The molecule has 1 fully saturated rings. The predicted molar refractivity (Wildman–Crippen MR) is 118 cm³/mol. The molecular formula is C22H21ClFN5O2. The van der Waals surface area contributed by atoms with Crippen LogP contribution in [-0.2, 0) is 7.05 Å². The van der Waals surface area contributed by atoms with E-state index in [1.54, 1.807) is 19.2 Å². The van der Waals surface area contributed by atoms with Gasteiger partial charge in [-0.05, 0) is 36.6 Å². The molecule has 1 aliphatic heterocycles. The highest BCUT2D eigenvalue weighted by Gasteiger charge is 2.30. The summed E-state index contributed by atoms with van der Waals surface area (Å²) < 4.78 is 14.7. The van der Waals surface area contributed by atoms with Crippen LogP contribution in [0.5, 0.6) is 5.75 Å². The lowest BCUT2D eigenvalue weighted by molar-refractivity contribution is 0.401. The van der Waals surface area contributed by atoms with Gasteiger partial charge in [0.15, 0.2) is 0 Å². The summed E-state index contributed by atoms with van der Waals surface area (Å²) in [5.74, 6) is -0.542. The molecule has 3 heterocycles. The number of hydrogen-bond acceptors (Lipinski definition) is 6. The van der Waals surface area contributed by atoms with E-state index in [-0.39, 0.29) is 34.0 Å². The molecule has 1 aromatic carbocycles. The van der Waals surface area contributed by atoms with E-state index in [9.17, 15) is 19.6 Å². The second kappa shape index (κ2) is 8.08. The Morgan fingerprint density at radius 3 is 2.81 bits per heavy atom. The number of halogens is 2. The maximum atomic E-state index is 13.3. The highest BCUT2D eigenvalue weighted by atomic mass is 35.5. The van der Waals surface area contributed by atoms with Crippen molar-refractivity contribution in [2.75, 3.05) is 23.3 Å². The maximum Gasteiger partial charge on any atom is 0.270 e. The third-order valence-corrected chi connectivity index (χ3v) is 6.03. The number of aromatic nitrogens is 2. The van der Waals surface area contributed by atoms with Crippen molar-refractivity contribution in [1.82, 2.24) is 9.55 Å². The van der Waals surface area contributed by atoms with Crippen LogP contribution in [0.3, 0.4) is 0 Å². The second-order valence-corrected chi connectivity index (χ2v) is 8.21. The monoisotopic (exact) mass is 441 g/mol. The standard InChI is InChI=1S/C22H21ClFN5O2/c1-12-11-29(8-7-15(12)26-16-4-3-13(24)9-18(16)30)21-14(10-25)22(31)28(2)17-5-6-19(23)27-20(17)21/h3-6,9,12,15,26,30H,7-8,11H2,1-2H3/t12-,15+/m0/s1. The molecule has 1 saturated heterocycles. The van der Waals surface area contributed by atoms with E-state index >= 15 is 0 Å². The van der Waals surface area contributed by atoms with Crippen LogP contribution >= 0.6 is 11.6 Å². The summed E-state index contributed by atoms with van der Waals surface area (Å²) in [7, 11) is 1.61. The fraction of sp³-hybridized carbons (Fsp3) is 0.318. The quantitative estimate of drug-likeness (QED) is 0.476. The fourth-order valence-electron chi connectivity index (χ4n) is 4.17. The first-order valence-electron chi connectivity index (χ1n) is 9.89. The average molecular weight is 442 g/mol. The van der Waals surface area contributed by atoms with E-state index in [2.05, 4.69) is 10.3 Å². The number of hydrogen-bond donors (Lipinski definition) is 2. The van der Waals surface area contributed by atoms with Crippen LogP contribution in [0.4, 0.5) is 15.8 Å². The highest BCUT2D eigenvalue weighted by molar-refractivity contribution is 6.29. The number of phenols is 1. The van der Waals surface area contributed by atoms with Crippen molar-refractivity contribution >= 4 is 34.0 Å². The molecule has 9 heteroatoms. The Morgan fingerprint density at radius 2 is 2.13 bits per heavy atom. The summed E-state index contributed by atoms with van der Waals surface area (Å²) in [6.07, 6.45) is 0.681. The summed E-state index contributed by atoms with van der Waals surface area (Å²) in [5, 5.41) is 23.3. The molecule has 1 aliphatic rings. The number of aryl methyl sites for hydroxylation is 1. The first kappa shape index (κ1) is 20.9. The van der Waals surface area contributed by atoms with E-state index in [4.69, 9.17) is 11.6 Å². The van der Waals surface area contributed by atoms with Gasteiger partial charge < -0.3 is 19.9 Å². The van der Waals surface area contributed by atoms with Crippen molar-refractivity contribution in [3.8, 4) is 11.8 Å². The third-order valence-electron chi connectivity index (χ3n) is 5.81. The van der Waals surface area contributed by atoms with Gasteiger partial charge >= 0.3 is 0 Å². The molecule has 0 aliphatic carbocycles. The third kappa shape index (κ3) is 3.77. The molecule has 0 saturated carbocycles. The SMILES string of the molecule is C[C@H]1CN(c2c(C#N)c(=O)n(C)c3ccc(Cl)nc23)CC[C@H]1Nc1ccc(F)cc1O. The average Bonchev–Trinajstić information content (AvgIpc) is 2.73. The van der Waals surface area contributed by atoms with E-state index in [1.165, 1.54) is 16.7 Å². The molecule has 4 rings (SSSR count). The van der Waals surface area contributed by atoms with Gasteiger partial charge in [-0.15, -0.1) is 0 Å². The van der Waals surface area contributed by atoms with Crippen LogP contribution < -0.4 is 15.8 Å². The van der Waals surface area contributed by atoms with Crippen LogP contribution in [0.1, 0.15) is 18.9 Å². The number of benzene rings is 1. The van der Waals surface area contributed by atoms with Gasteiger partial charge in [-0.3, -0.25) is 4.79 Å². The number of nitriles is 1. The van der Waals surface area contributed by atoms with E-state index in [0.29, 0.717) is 41.9 Å². The Morgan fingerprint density at radius 1 is 1.35 bits per heavy atom. The van der Waals surface area contributed by atoms with Gasteiger partial charge in [0.2, 0.25) is 0 Å². The lowest BCUT2D eigenvalue weighted by atomic mass is 9.92. The predicted octanol–water partition coefficient (Wildman–Crippen LogP) is 3.63. The summed E-state index contributed by atoms with van der Waals surface area (Å²) in [6.45, 7) is 3.17. The van der Waals surface area contributed by atoms with Crippen LogP contribution in [-0.4, -0.2) is 33.8 Å². The Balaban J connectivity index is 1.68. The van der Waals surface area contributed by atoms with Gasteiger partial charge in [0.25, 0.3) is 5.56 Å². The van der Waals surface area contributed by atoms with Gasteiger partial charge in [-0.25, -0.2) is 9.37 Å². The largest absolute Gasteiger partial charge is 0.506 e. The Labute approximate surface area is 183 Å². The molecule has 0 bridgehead atoms. The molecule has 0 amide bonds. The molecule has 7 nitrogen and oxygen atoms in total. The fourth-order valence-corrected chi connectivity index (χ4v) is 4.32. The Bertz CT molecular complexity index is 1270. The number of pyridine rings is 2. The Hall–Kier alpha value is -3.31. The zero-order valence-electron chi connectivity index (χ0n) is 17.1. The van der Waals surface area contributed by atoms with Gasteiger partial charge in [-0.1, -0.05) is 18.5 Å². The number of fused-ring (bicyclic) bond motifs is 1. The molecule has 0 unspecified atom stereocenters. The summed E-state index contributed by atoms with van der Waals surface area (Å²) in [6, 6.07) is 9.29. The zero-order chi connectivity index (χ0) is 22.3. The van der Waals surface area contributed by atoms with Crippen molar-refractivity contribution in [2.24, 2.45) is 13.0 Å². The maximum absolute atomic E-state index is 13.3. The van der Waals surface area contributed by atoms with Crippen LogP contribution in [0.25, 0.3) is 11.0 Å². The van der Waals surface area contributed by atoms with Crippen molar-refractivity contribution in [3.05, 3.63) is 57.2 Å². The topological polar surface area (TPSA) is 94.2 Å². The minimum absolute atomic E-state index is 0.0208. The van der Waals surface area contributed by atoms with Crippen LogP contribution in [0.15, 0.2) is 35.1 Å². The number of rotatable bonds is 3. The van der Waals surface area contributed by atoms with Crippen molar-refractivity contribution in [3.63, 3.8) is 0 Å². The summed E-state index contributed by atoms with van der Waals surface area (Å²) >= 11 is 6.12. The number of anilines is 2. The molecular weight excluding hydrogens is 421 g/mol. The number of piperidine rings is 1. The minimum Gasteiger partial charge on any atom is -0.506 e. The molecule has 160 valence electrons. The Kier molecular flexibility index (Phi) is 5.46. The molecule has 31 heavy (non-hydrogen) atoms. The molecule has 2 aromatic heterocycles.